The van der Waals surface area contributed by atoms with E-state index in [0.717, 1.165) is 17.2 Å². The molecule has 1 heterocycles. The Bertz CT molecular complexity index is 517. The number of carbonyl (C=O) groups excluding carboxylic acids is 1. The molecule has 19 heavy (non-hydrogen) atoms. The molecule has 0 aliphatic carbocycles. The largest absolute Gasteiger partial charge is 0.497 e. The molecule has 2 rings (SSSR count). The van der Waals surface area contributed by atoms with Gasteiger partial charge in [0.1, 0.15) is 17.3 Å². The second-order valence-electron chi connectivity index (χ2n) is 4.35. The van der Waals surface area contributed by atoms with Crippen molar-refractivity contribution in [3.05, 3.63) is 48.4 Å². The van der Waals surface area contributed by atoms with Crippen LogP contribution in [0.4, 0.5) is 5.69 Å². The maximum absolute atomic E-state index is 11.3. The highest BCUT2D eigenvalue weighted by molar-refractivity contribution is 5.76. The highest BCUT2D eigenvalue weighted by Gasteiger charge is 2.16. The molecule has 0 radical (unpaired) electrons. The van der Waals surface area contributed by atoms with Crippen LogP contribution in [0.15, 0.2) is 47.1 Å². The predicted molar refractivity (Wildman–Crippen MR) is 73.4 cm³/mol. The van der Waals surface area contributed by atoms with Gasteiger partial charge in [0.2, 0.25) is 0 Å². The predicted octanol–water partition coefficient (Wildman–Crippen LogP) is 3.42. The lowest BCUT2D eigenvalue weighted by Crippen LogP contribution is -2.13. The molecular formula is C15H17NO3. The first kappa shape index (κ1) is 13.2. The number of furan rings is 1. The number of methoxy groups -OCH3 is 1. The molecule has 1 atom stereocenters. The summed E-state index contributed by atoms with van der Waals surface area (Å²) in [5.74, 6) is 1.67. The second kappa shape index (κ2) is 6.09. The first-order valence-electron chi connectivity index (χ1n) is 6.12. The van der Waals surface area contributed by atoms with Crippen LogP contribution in [-0.2, 0) is 4.79 Å². The third kappa shape index (κ3) is 3.61. The molecule has 4 heteroatoms. The summed E-state index contributed by atoms with van der Waals surface area (Å²) < 4.78 is 10.5. The van der Waals surface area contributed by atoms with Crippen molar-refractivity contribution in [1.82, 2.24) is 0 Å². The molecule has 0 aliphatic heterocycles. The topological polar surface area (TPSA) is 51.5 Å². The van der Waals surface area contributed by atoms with E-state index >= 15 is 0 Å². The summed E-state index contributed by atoms with van der Waals surface area (Å²) in [7, 11) is 1.63. The summed E-state index contributed by atoms with van der Waals surface area (Å²) in [5.41, 5.74) is 0.920. The molecule has 0 unspecified atom stereocenters. The van der Waals surface area contributed by atoms with Crippen molar-refractivity contribution in [2.45, 2.75) is 19.4 Å². The van der Waals surface area contributed by atoms with Crippen LogP contribution in [-0.4, -0.2) is 12.9 Å². The number of anilines is 1. The van der Waals surface area contributed by atoms with Gasteiger partial charge in [0.15, 0.2) is 0 Å². The number of rotatable bonds is 6. The van der Waals surface area contributed by atoms with Gasteiger partial charge in [0.25, 0.3) is 0 Å². The third-order valence-corrected chi connectivity index (χ3v) is 2.81. The van der Waals surface area contributed by atoms with Gasteiger partial charge in [-0.1, -0.05) is 0 Å². The average Bonchev–Trinajstić information content (AvgIpc) is 2.92. The van der Waals surface area contributed by atoms with Crippen LogP contribution >= 0.6 is 0 Å². The fourth-order valence-corrected chi connectivity index (χ4v) is 1.89. The van der Waals surface area contributed by atoms with Gasteiger partial charge in [0, 0.05) is 12.1 Å². The van der Waals surface area contributed by atoms with Crippen molar-refractivity contribution < 1.29 is 13.9 Å². The Morgan fingerprint density at radius 1 is 1.32 bits per heavy atom. The van der Waals surface area contributed by atoms with Crippen molar-refractivity contribution in [3.8, 4) is 5.75 Å². The van der Waals surface area contributed by atoms with Gasteiger partial charge in [-0.25, -0.2) is 0 Å². The van der Waals surface area contributed by atoms with Gasteiger partial charge in [0.05, 0.1) is 19.4 Å². The zero-order chi connectivity index (χ0) is 13.7. The Balaban J connectivity index is 2.12. The minimum Gasteiger partial charge on any atom is -0.497 e. The van der Waals surface area contributed by atoms with E-state index in [0.29, 0.717) is 6.42 Å². The molecule has 4 nitrogen and oxygen atoms in total. The summed E-state index contributed by atoms with van der Waals surface area (Å²) >= 11 is 0. The SMILES string of the molecule is COc1ccc(N[C@@H](CC(C)=O)c2ccco2)cc1. The molecule has 100 valence electrons. The second-order valence-corrected chi connectivity index (χ2v) is 4.35. The Labute approximate surface area is 112 Å². The number of carbonyl (C=O) groups is 1. The number of Topliss-reactive ketones (excluding diaryl/α,β-unsaturated/α-hetero) is 1. The maximum Gasteiger partial charge on any atom is 0.132 e. The molecule has 0 amide bonds. The fourth-order valence-electron chi connectivity index (χ4n) is 1.89. The highest BCUT2D eigenvalue weighted by Crippen LogP contribution is 2.24. The highest BCUT2D eigenvalue weighted by atomic mass is 16.5. The lowest BCUT2D eigenvalue weighted by molar-refractivity contribution is -0.117. The zero-order valence-corrected chi connectivity index (χ0v) is 11.1. The van der Waals surface area contributed by atoms with Crippen LogP contribution in [0.1, 0.15) is 25.1 Å². The first-order valence-corrected chi connectivity index (χ1v) is 6.12. The van der Waals surface area contributed by atoms with Crippen LogP contribution in [0, 0.1) is 0 Å². The van der Waals surface area contributed by atoms with Gasteiger partial charge >= 0.3 is 0 Å². The van der Waals surface area contributed by atoms with E-state index in [9.17, 15) is 4.79 Å². The average molecular weight is 259 g/mol. The monoisotopic (exact) mass is 259 g/mol. The van der Waals surface area contributed by atoms with Gasteiger partial charge in [-0.05, 0) is 43.3 Å². The number of ketones is 1. The van der Waals surface area contributed by atoms with Crippen LogP contribution in [0.3, 0.4) is 0 Å². The minimum absolute atomic E-state index is 0.113. The van der Waals surface area contributed by atoms with E-state index in [4.69, 9.17) is 9.15 Å². The molecule has 1 N–H and O–H groups in total. The molecule has 0 saturated heterocycles. The number of benzene rings is 1. The van der Waals surface area contributed by atoms with E-state index in [-0.39, 0.29) is 11.8 Å². The van der Waals surface area contributed by atoms with Crippen molar-refractivity contribution in [1.29, 1.82) is 0 Å². The summed E-state index contributed by atoms with van der Waals surface area (Å²) in [5, 5.41) is 3.29. The summed E-state index contributed by atoms with van der Waals surface area (Å²) in [6.07, 6.45) is 2.00. The van der Waals surface area contributed by atoms with Crippen molar-refractivity contribution in [2.24, 2.45) is 0 Å². The van der Waals surface area contributed by atoms with Crippen LogP contribution < -0.4 is 10.1 Å². The van der Waals surface area contributed by atoms with Gasteiger partial charge in [-0.15, -0.1) is 0 Å². The van der Waals surface area contributed by atoms with Crippen LogP contribution in [0.2, 0.25) is 0 Å². The standard InChI is InChI=1S/C15H17NO3/c1-11(17)10-14(15-4-3-9-19-15)16-12-5-7-13(18-2)8-6-12/h3-9,14,16H,10H2,1-2H3/t14-/m0/s1. The number of hydrogen-bond donors (Lipinski definition) is 1. The summed E-state index contributed by atoms with van der Waals surface area (Å²) in [6.45, 7) is 1.58. The molecule has 0 bridgehead atoms. The molecular weight excluding hydrogens is 242 g/mol. The van der Waals surface area contributed by atoms with Crippen molar-refractivity contribution in [3.63, 3.8) is 0 Å². The fraction of sp³-hybridized carbons (Fsp3) is 0.267. The Morgan fingerprint density at radius 3 is 2.58 bits per heavy atom. The summed E-state index contributed by atoms with van der Waals surface area (Å²) in [4.78, 5) is 11.3. The normalized spacial score (nSPS) is 11.9. The quantitative estimate of drug-likeness (QED) is 0.863. The first-order chi connectivity index (χ1) is 9.19. The van der Waals surface area contributed by atoms with Gasteiger partial charge < -0.3 is 14.5 Å². The molecule has 1 aromatic carbocycles. The lowest BCUT2D eigenvalue weighted by atomic mass is 10.1. The van der Waals surface area contributed by atoms with E-state index < -0.39 is 0 Å². The summed E-state index contributed by atoms with van der Waals surface area (Å²) in [6, 6.07) is 11.1. The molecule has 2 aromatic rings. The number of hydrogen-bond acceptors (Lipinski definition) is 4. The van der Waals surface area contributed by atoms with E-state index in [2.05, 4.69) is 5.32 Å². The smallest absolute Gasteiger partial charge is 0.132 e. The van der Waals surface area contributed by atoms with Gasteiger partial charge in [-0.3, -0.25) is 4.79 Å². The molecule has 0 fully saturated rings. The van der Waals surface area contributed by atoms with Crippen LogP contribution in [0.5, 0.6) is 5.75 Å². The Kier molecular flexibility index (Phi) is 4.23. The third-order valence-electron chi connectivity index (χ3n) is 2.81. The van der Waals surface area contributed by atoms with E-state index in [1.165, 1.54) is 0 Å². The Morgan fingerprint density at radius 2 is 2.05 bits per heavy atom. The van der Waals surface area contributed by atoms with Crippen molar-refractivity contribution in [2.75, 3.05) is 12.4 Å². The van der Waals surface area contributed by atoms with Gasteiger partial charge in [-0.2, -0.15) is 0 Å². The van der Waals surface area contributed by atoms with E-state index in [1.54, 1.807) is 20.3 Å². The number of ether oxygens (including phenoxy) is 1. The minimum atomic E-state index is -0.152. The Hall–Kier alpha value is -2.23. The lowest BCUT2D eigenvalue weighted by Gasteiger charge is -2.16. The molecule has 0 aliphatic rings. The maximum atomic E-state index is 11.3. The number of nitrogens with one attached hydrogen (secondary N) is 1. The molecule has 0 saturated carbocycles. The van der Waals surface area contributed by atoms with E-state index in [1.807, 2.05) is 36.4 Å². The van der Waals surface area contributed by atoms with Crippen LogP contribution in [0.25, 0.3) is 0 Å². The molecule has 1 aromatic heterocycles. The molecule has 0 spiro atoms. The van der Waals surface area contributed by atoms with Crippen molar-refractivity contribution >= 4 is 11.5 Å². The zero-order valence-electron chi connectivity index (χ0n) is 11.1.